The predicted molar refractivity (Wildman–Crippen MR) is 74.1 cm³/mol. The van der Waals surface area contributed by atoms with Gasteiger partial charge in [-0.2, -0.15) is 0 Å². The van der Waals surface area contributed by atoms with Crippen molar-refractivity contribution in [3.8, 4) is 0 Å². The molecule has 1 unspecified atom stereocenters. The maximum absolute atomic E-state index is 11.3. The monoisotopic (exact) mass is 282 g/mol. The topological polar surface area (TPSA) is 52.1 Å². The molecule has 2 heterocycles. The van der Waals surface area contributed by atoms with Crippen LogP contribution in [0.5, 0.6) is 0 Å². The van der Waals surface area contributed by atoms with Crippen molar-refractivity contribution in [1.29, 1.82) is 0 Å². The average molecular weight is 282 g/mol. The van der Waals surface area contributed by atoms with Crippen LogP contribution in [0.15, 0.2) is 16.7 Å². The number of carbonyl (C=O) groups excluding carboxylic acids is 1. The highest BCUT2D eigenvalue weighted by molar-refractivity contribution is 7.99. The third-order valence-corrected chi connectivity index (χ3v) is 5.04. The molecular formula is C12H14N2O2S2. The number of aromatic nitrogens is 2. The molecule has 0 radical (unpaired) electrons. The Kier molecular flexibility index (Phi) is 4.19. The van der Waals surface area contributed by atoms with Crippen molar-refractivity contribution in [2.75, 3.05) is 12.9 Å². The van der Waals surface area contributed by atoms with Crippen LogP contribution in [-0.4, -0.2) is 28.8 Å². The van der Waals surface area contributed by atoms with Crippen molar-refractivity contribution < 1.29 is 9.53 Å². The van der Waals surface area contributed by atoms with Gasteiger partial charge in [-0.15, -0.1) is 23.1 Å². The molecule has 0 fully saturated rings. The second-order valence-corrected chi connectivity index (χ2v) is 5.90. The fourth-order valence-corrected chi connectivity index (χ4v) is 3.62. The van der Waals surface area contributed by atoms with E-state index in [9.17, 15) is 4.79 Å². The Labute approximate surface area is 114 Å². The highest BCUT2D eigenvalue weighted by Crippen LogP contribution is 2.32. The fraction of sp³-hybridized carbons (Fsp3) is 0.417. The summed E-state index contributed by atoms with van der Waals surface area (Å²) in [5, 5.41) is 3.02. The highest BCUT2D eigenvalue weighted by Gasteiger charge is 2.15. The molecule has 0 saturated heterocycles. The first-order valence-corrected chi connectivity index (χ1v) is 7.39. The zero-order chi connectivity index (χ0) is 13.1. The molecule has 0 N–H and O–H groups in total. The van der Waals surface area contributed by atoms with Crippen molar-refractivity contribution in [2.24, 2.45) is 5.92 Å². The summed E-state index contributed by atoms with van der Waals surface area (Å²) in [6.45, 7) is 3.90. The standard InChI is InChI=1S/C12H14N2O2S2/c1-7-4-17-10-9(7)13-6-14-11(10)18-5-8(2)12(15)16-3/h4,6,8H,5H2,1-3H3. The Hall–Kier alpha value is -1.14. The number of fused-ring (bicyclic) bond motifs is 1. The van der Waals surface area contributed by atoms with Crippen molar-refractivity contribution in [3.63, 3.8) is 0 Å². The minimum Gasteiger partial charge on any atom is -0.469 e. The molecule has 0 aliphatic rings. The molecule has 1 atom stereocenters. The summed E-state index contributed by atoms with van der Waals surface area (Å²) >= 11 is 3.22. The lowest BCUT2D eigenvalue weighted by Crippen LogP contribution is -2.14. The summed E-state index contributed by atoms with van der Waals surface area (Å²) in [7, 11) is 1.41. The SMILES string of the molecule is COC(=O)C(C)CSc1ncnc2c(C)csc12. The van der Waals surface area contributed by atoms with E-state index in [4.69, 9.17) is 4.74 Å². The first kappa shape index (κ1) is 13.3. The lowest BCUT2D eigenvalue weighted by atomic mass is 10.2. The van der Waals surface area contributed by atoms with Crippen LogP contribution in [0.2, 0.25) is 0 Å². The Morgan fingerprint density at radius 1 is 1.56 bits per heavy atom. The molecule has 2 aromatic rings. The van der Waals surface area contributed by atoms with E-state index < -0.39 is 0 Å². The van der Waals surface area contributed by atoms with Crippen LogP contribution in [0.1, 0.15) is 12.5 Å². The molecule has 0 aromatic carbocycles. The molecule has 6 heteroatoms. The van der Waals surface area contributed by atoms with E-state index in [2.05, 4.69) is 15.3 Å². The molecule has 96 valence electrons. The third kappa shape index (κ3) is 2.64. The molecule has 4 nitrogen and oxygen atoms in total. The van der Waals surface area contributed by atoms with E-state index in [-0.39, 0.29) is 11.9 Å². The van der Waals surface area contributed by atoms with Gasteiger partial charge in [-0.3, -0.25) is 4.79 Å². The zero-order valence-electron chi connectivity index (χ0n) is 10.5. The van der Waals surface area contributed by atoms with Gasteiger partial charge < -0.3 is 4.74 Å². The van der Waals surface area contributed by atoms with Gasteiger partial charge >= 0.3 is 5.97 Å². The predicted octanol–water partition coefficient (Wildman–Crippen LogP) is 2.90. The van der Waals surface area contributed by atoms with Crippen molar-refractivity contribution in [1.82, 2.24) is 9.97 Å². The Morgan fingerprint density at radius 3 is 3.06 bits per heavy atom. The van der Waals surface area contributed by atoms with Gasteiger partial charge in [-0.05, 0) is 17.9 Å². The van der Waals surface area contributed by atoms with E-state index in [0.29, 0.717) is 5.75 Å². The van der Waals surface area contributed by atoms with Crippen molar-refractivity contribution in [3.05, 3.63) is 17.3 Å². The number of ether oxygens (including phenoxy) is 1. The molecular weight excluding hydrogens is 268 g/mol. The highest BCUT2D eigenvalue weighted by atomic mass is 32.2. The molecule has 0 amide bonds. The molecule has 2 aromatic heterocycles. The summed E-state index contributed by atoms with van der Waals surface area (Å²) in [5.41, 5.74) is 2.17. The number of carbonyl (C=O) groups is 1. The summed E-state index contributed by atoms with van der Waals surface area (Å²) in [6, 6.07) is 0. The number of rotatable bonds is 4. The van der Waals surface area contributed by atoms with Gasteiger partial charge in [0.15, 0.2) is 0 Å². The molecule has 18 heavy (non-hydrogen) atoms. The van der Waals surface area contributed by atoms with E-state index >= 15 is 0 Å². The van der Waals surface area contributed by atoms with Gasteiger partial charge in [0.2, 0.25) is 0 Å². The fourth-order valence-electron chi connectivity index (χ4n) is 1.52. The van der Waals surface area contributed by atoms with E-state index in [1.165, 1.54) is 12.7 Å². The molecule has 0 saturated carbocycles. The Balaban J connectivity index is 2.15. The number of thioether (sulfide) groups is 1. The lowest BCUT2D eigenvalue weighted by molar-refractivity contribution is -0.143. The van der Waals surface area contributed by atoms with Crippen LogP contribution < -0.4 is 0 Å². The van der Waals surface area contributed by atoms with Gasteiger partial charge in [0.25, 0.3) is 0 Å². The quantitative estimate of drug-likeness (QED) is 0.490. The van der Waals surface area contributed by atoms with Gasteiger partial charge in [-0.25, -0.2) is 9.97 Å². The van der Waals surface area contributed by atoms with Crippen LogP contribution in [0.25, 0.3) is 10.2 Å². The maximum atomic E-state index is 11.3. The second-order valence-electron chi connectivity index (χ2n) is 4.01. The minimum atomic E-state index is -0.185. The number of hydrogen-bond acceptors (Lipinski definition) is 6. The van der Waals surface area contributed by atoms with Gasteiger partial charge in [0.1, 0.15) is 11.4 Å². The number of esters is 1. The van der Waals surface area contributed by atoms with Gasteiger partial charge in [0.05, 0.1) is 23.2 Å². The summed E-state index contributed by atoms with van der Waals surface area (Å²) in [4.78, 5) is 19.9. The van der Waals surface area contributed by atoms with E-state index in [0.717, 1.165) is 15.2 Å². The average Bonchev–Trinajstić information content (AvgIpc) is 2.77. The van der Waals surface area contributed by atoms with Crippen molar-refractivity contribution >= 4 is 39.3 Å². The maximum Gasteiger partial charge on any atom is 0.309 e. The molecule has 0 bridgehead atoms. The van der Waals surface area contributed by atoms with E-state index in [1.807, 2.05) is 13.8 Å². The molecule has 2 rings (SSSR count). The molecule has 0 aliphatic carbocycles. The van der Waals surface area contributed by atoms with E-state index in [1.54, 1.807) is 29.4 Å². The number of methoxy groups -OCH3 is 1. The van der Waals surface area contributed by atoms with Gasteiger partial charge in [0, 0.05) is 5.75 Å². The van der Waals surface area contributed by atoms with Crippen LogP contribution >= 0.6 is 23.1 Å². The largest absolute Gasteiger partial charge is 0.469 e. The minimum absolute atomic E-state index is 0.133. The normalized spacial score (nSPS) is 12.6. The smallest absolute Gasteiger partial charge is 0.309 e. The second kappa shape index (κ2) is 5.67. The zero-order valence-corrected chi connectivity index (χ0v) is 12.1. The van der Waals surface area contributed by atoms with Crippen LogP contribution in [0.3, 0.4) is 0 Å². The van der Waals surface area contributed by atoms with Crippen LogP contribution in [-0.2, 0) is 9.53 Å². The first-order chi connectivity index (χ1) is 8.63. The number of thiophene rings is 1. The summed E-state index contributed by atoms with van der Waals surface area (Å²) < 4.78 is 5.80. The Bertz CT molecular complexity index is 568. The summed E-state index contributed by atoms with van der Waals surface area (Å²) in [5.74, 6) is 0.344. The third-order valence-electron chi connectivity index (χ3n) is 2.57. The molecule has 0 aliphatic heterocycles. The Morgan fingerprint density at radius 2 is 2.33 bits per heavy atom. The number of hydrogen-bond donors (Lipinski definition) is 0. The van der Waals surface area contributed by atoms with Crippen LogP contribution in [0.4, 0.5) is 0 Å². The van der Waals surface area contributed by atoms with Crippen LogP contribution in [0, 0.1) is 12.8 Å². The first-order valence-electron chi connectivity index (χ1n) is 5.53. The van der Waals surface area contributed by atoms with Crippen molar-refractivity contribution in [2.45, 2.75) is 18.9 Å². The molecule has 0 spiro atoms. The van der Waals surface area contributed by atoms with Gasteiger partial charge in [-0.1, -0.05) is 6.92 Å². The lowest BCUT2D eigenvalue weighted by Gasteiger charge is -2.08. The number of aryl methyl sites for hydroxylation is 1. The number of nitrogens with zero attached hydrogens (tertiary/aromatic N) is 2. The summed E-state index contributed by atoms with van der Waals surface area (Å²) in [6.07, 6.45) is 1.58.